The van der Waals surface area contributed by atoms with E-state index in [1.807, 2.05) is 6.07 Å². The van der Waals surface area contributed by atoms with Gasteiger partial charge >= 0.3 is 0 Å². The largest absolute Gasteiger partial charge is 0.494 e. The van der Waals surface area contributed by atoms with Gasteiger partial charge in [0.05, 0.1) is 18.7 Å². The Labute approximate surface area is 128 Å². The summed E-state index contributed by atoms with van der Waals surface area (Å²) in [4.78, 5) is 1.79. The van der Waals surface area contributed by atoms with Gasteiger partial charge in [-0.05, 0) is 42.0 Å². The minimum Gasteiger partial charge on any atom is -0.494 e. The smallest absolute Gasteiger partial charge is 0.165 e. The quantitative estimate of drug-likeness (QED) is 0.816. The van der Waals surface area contributed by atoms with Crippen LogP contribution in [0.5, 0.6) is 5.75 Å². The lowest BCUT2D eigenvalue weighted by Gasteiger charge is -2.24. The lowest BCUT2D eigenvalue weighted by atomic mass is 10.1. The number of benzene rings is 2. The molecule has 0 N–H and O–H groups in total. The van der Waals surface area contributed by atoms with E-state index in [9.17, 15) is 8.78 Å². The van der Waals surface area contributed by atoms with E-state index in [-0.39, 0.29) is 12.3 Å². The fourth-order valence-corrected chi connectivity index (χ4v) is 2.18. The molecule has 0 fully saturated rings. The van der Waals surface area contributed by atoms with Crippen molar-refractivity contribution in [3.05, 3.63) is 59.4 Å². The van der Waals surface area contributed by atoms with Gasteiger partial charge in [0, 0.05) is 18.8 Å². The van der Waals surface area contributed by atoms with Crippen molar-refractivity contribution in [2.45, 2.75) is 6.54 Å². The minimum absolute atomic E-state index is 0.180. The Bertz CT molecular complexity index is 665. The van der Waals surface area contributed by atoms with Crippen LogP contribution in [0, 0.1) is 17.1 Å². The van der Waals surface area contributed by atoms with Crippen LogP contribution in [0.3, 0.4) is 0 Å². The molecule has 22 heavy (non-hydrogen) atoms. The highest BCUT2D eigenvalue weighted by Crippen LogP contribution is 2.22. The number of rotatable bonds is 6. The second kappa shape index (κ2) is 7.41. The summed E-state index contributed by atoms with van der Waals surface area (Å²) in [6.45, 7) is 0.0505. The summed E-state index contributed by atoms with van der Waals surface area (Å²) < 4.78 is 31.4. The molecule has 3 nitrogen and oxygen atoms in total. The van der Waals surface area contributed by atoms with Crippen LogP contribution in [0.1, 0.15) is 11.1 Å². The van der Waals surface area contributed by atoms with Crippen molar-refractivity contribution in [1.29, 1.82) is 5.26 Å². The number of nitriles is 1. The number of methoxy groups -OCH3 is 1. The molecule has 0 amide bonds. The average Bonchev–Trinajstić information content (AvgIpc) is 2.55. The molecular formula is C17H16F2N2O. The summed E-state index contributed by atoms with van der Waals surface area (Å²) in [5, 5.41) is 8.81. The van der Waals surface area contributed by atoms with Crippen LogP contribution in [0.2, 0.25) is 0 Å². The van der Waals surface area contributed by atoms with Gasteiger partial charge in [0.25, 0.3) is 0 Å². The third-order valence-electron chi connectivity index (χ3n) is 3.31. The number of anilines is 1. The van der Waals surface area contributed by atoms with Crippen molar-refractivity contribution in [3.8, 4) is 11.8 Å². The molecule has 0 saturated carbocycles. The molecule has 0 spiro atoms. The van der Waals surface area contributed by atoms with E-state index < -0.39 is 12.5 Å². The van der Waals surface area contributed by atoms with E-state index in [0.717, 1.165) is 11.3 Å². The molecule has 2 rings (SSSR count). The highest BCUT2D eigenvalue weighted by Gasteiger charge is 2.10. The predicted molar refractivity (Wildman–Crippen MR) is 81.1 cm³/mol. The third-order valence-corrected chi connectivity index (χ3v) is 3.31. The summed E-state index contributed by atoms with van der Waals surface area (Å²) in [6, 6.07) is 13.6. The maximum Gasteiger partial charge on any atom is 0.165 e. The van der Waals surface area contributed by atoms with Crippen molar-refractivity contribution in [2.75, 3.05) is 25.2 Å². The molecule has 0 saturated heterocycles. The second-order valence-corrected chi connectivity index (χ2v) is 4.74. The fraction of sp³-hybridized carbons (Fsp3) is 0.235. The van der Waals surface area contributed by atoms with Crippen LogP contribution >= 0.6 is 0 Å². The summed E-state index contributed by atoms with van der Waals surface area (Å²) in [6.07, 6.45) is 0. The van der Waals surface area contributed by atoms with Gasteiger partial charge in [0.15, 0.2) is 11.6 Å². The maximum atomic E-state index is 13.7. The van der Waals surface area contributed by atoms with Gasteiger partial charge in [0.1, 0.15) is 6.67 Å². The number of halogens is 2. The minimum atomic E-state index is -0.515. The lowest BCUT2D eigenvalue weighted by molar-refractivity contribution is 0.386. The topological polar surface area (TPSA) is 36.3 Å². The van der Waals surface area contributed by atoms with Crippen molar-refractivity contribution in [3.63, 3.8) is 0 Å². The second-order valence-electron chi connectivity index (χ2n) is 4.74. The normalized spacial score (nSPS) is 10.1. The summed E-state index contributed by atoms with van der Waals surface area (Å²) in [7, 11) is 1.41. The maximum absolute atomic E-state index is 13.7. The Kier molecular flexibility index (Phi) is 5.31. The Balaban J connectivity index is 2.21. The molecule has 0 heterocycles. The van der Waals surface area contributed by atoms with Crippen molar-refractivity contribution >= 4 is 5.69 Å². The number of hydrogen-bond acceptors (Lipinski definition) is 3. The van der Waals surface area contributed by atoms with Crippen LogP contribution < -0.4 is 9.64 Å². The van der Waals surface area contributed by atoms with E-state index in [4.69, 9.17) is 10.00 Å². The molecule has 114 valence electrons. The van der Waals surface area contributed by atoms with E-state index in [1.54, 1.807) is 41.3 Å². The number of hydrogen-bond donors (Lipinski definition) is 0. The van der Waals surface area contributed by atoms with Gasteiger partial charge in [-0.25, -0.2) is 8.78 Å². The van der Waals surface area contributed by atoms with Gasteiger partial charge in [-0.3, -0.25) is 0 Å². The van der Waals surface area contributed by atoms with Crippen LogP contribution in [0.25, 0.3) is 0 Å². The van der Waals surface area contributed by atoms with Crippen molar-refractivity contribution < 1.29 is 13.5 Å². The standard InChI is InChI=1S/C17H16F2N2O/c1-22-17-7-4-14(10-16(17)19)12-21(9-8-18)15-5-2-13(11-20)3-6-15/h2-7,10H,8-9,12H2,1H3. The molecule has 0 radical (unpaired) electrons. The molecule has 0 aliphatic rings. The van der Waals surface area contributed by atoms with Crippen LogP contribution in [-0.2, 0) is 6.54 Å². The lowest BCUT2D eigenvalue weighted by Crippen LogP contribution is -2.25. The molecule has 0 aliphatic heterocycles. The molecule has 0 aromatic heterocycles. The Morgan fingerprint density at radius 3 is 2.45 bits per heavy atom. The Morgan fingerprint density at radius 2 is 1.91 bits per heavy atom. The zero-order valence-electron chi connectivity index (χ0n) is 12.2. The van der Waals surface area contributed by atoms with Crippen LogP contribution in [-0.4, -0.2) is 20.3 Å². The first-order valence-corrected chi connectivity index (χ1v) is 6.81. The number of alkyl halides is 1. The van der Waals surface area contributed by atoms with E-state index in [2.05, 4.69) is 0 Å². The van der Waals surface area contributed by atoms with Gasteiger partial charge in [-0.2, -0.15) is 5.26 Å². The first-order valence-electron chi connectivity index (χ1n) is 6.81. The molecular weight excluding hydrogens is 286 g/mol. The fourth-order valence-electron chi connectivity index (χ4n) is 2.18. The highest BCUT2D eigenvalue weighted by molar-refractivity contribution is 5.50. The predicted octanol–water partition coefficient (Wildman–Crippen LogP) is 3.68. The first-order chi connectivity index (χ1) is 10.7. The molecule has 0 unspecified atom stereocenters. The Hall–Kier alpha value is -2.61. The van der Waals surface area contributed by atoms with Crippen molar-refractivity contribution in [1.82, 2.24) is 0 Å². The average molecular weight is 302 g/mol. The zero-order chi connectivity index (χ0) is 15.9. The highest BCUT2D eigenvalue weighted by atomic mass is 19.1. The van der Waals surface area contributed by atoms with Gasteiger partial charge in [-0.1, -0.05) is 6.07 Å². The molecule has 0 bridgehead atoms. The van der Waals surface area contributed by atoms with E-state index in [0.29, 0.717) is 12.1 Å². The summed E-state index contributed by atoms with van der Waals surface area (Å²) in [5.74, 6) is -0.265. The van der Waals surface area contributed by atoms with Crippen LogP contribution in [0.15, 0.2) is 42.5 Å². The molecule has 0 aliphatic carbocycles. The first kappa shape index (κ1) is 15.8. The van der Waals surface area contributed by atoms with Gasteiger partial charge < -0.3 is 9.64 Å². The van der Waals surface area contributed by atoms with E-state index in [1.165, 1.54) is 13.2 Å². The monoisotopic (exact) mass is 302 g/mol. The number of nitrogens with zero attached hydrogens (tertiary/aromatic N) is 2. The summed E-state index contributed by atoms with van der Waals surface area (Å²) >= 11 is 0. The molecule has 2 aromatic rings. The van der Waals surface area contributed by atoms with Crippen molar-refractivity contribution in [2.24, 2.45) is 0 Å². The Morgan fingerprint density at radius 1 is 1.18 bits per heavy atom. The van der Waals surface area contributed by atoms with Gasteiger partial charge in [-0.15, -0.1) is 0 Å². The summed E-state index contributed by atoms with van der Waals surface area (Å²) in [5.41, 5.74) is 2.04. The SMILES string of the molecule is COc1ccc(CN(CCF)c2ccc(C#N)cc2)cc1F. The van der Waals surface area contributed by atoms with E-state index >= 15 is 0 Å². The number of ether oxygens (including phenoxy) is 1. The van der Waals surface area contributed by atoms with Crippen LogP contribution in [0.4, 0.5) is 14.5 Å². The van der Waals surface area contributed by atoms with Gasteiger partial charge in [0.2, 0.25) is 0 Å². The molecule has 5 heteroatoms. The zero-order valence-corrected chi connectivity index (χ0v) is 12.2. The molecule has 0 atom stereocenters. The third kappa shape index (κ3) is 3.73. The molecule has 2 aromatic carbocycles.